The van der Waals surface area contributed by atoms with Crippen LogP contribution < -0.4 is 0 Å². The van der Waals surface area contributed by atoms with Gasteiger partial charge in [0.2, 0.25) is 11.8 Å². The molecule has 2 rings (SSSR count). The summed E-state index contributed by atoms with van der Waals surface area (Å²) < 4.78 is 5.17. The summed E-state index contributed by atoms with van der Waals surface area (Å²) in [6.07, 6.45) is 0. The van der Waals surface area contributed by atoms with Crippen molar-refractivity contribution in [2.45, 2.75) is 5.88 Å². The topological polar surface area (TPSA) is 82.1 Å². The number of benzene rings is 1. The average Bonchev–Trinajstić information content (AvgIpc) is 2.76. The lowest BCUT2D eigenvalue weighted by molar-refractivity contribution is -0.384. The first-order valence-electron chi connectivity index (χ1n) is 4.44. The minimum atomic E-state index is -0.547. The molecule has 0 N–H and O–H groups in total. The quantitative estimate of drug-likeness (QED) is 0.488. The van der Waals surface area contributed by atoms with Gasteiger partial charge < -0.3 is 4.42 Å². The third-order valence-electron chi connectivity index (χ3n) is 1.92. The lowest BCUT2D eigenvalue weighted by Gasteiger charge is -1.97. The van der Waals surface area contributed by atoms with E-state index in [4.69, 9.17) is 27.6 Å². The number of nitrogens with zero attached hydrogens (tertiary/aromatic N) is 3. The maximum Gasteiger partial charge on any atom is 0.271 e. The summed E-state index contributed by atoms with van der Waals surface area (Å²) in [4.78, 5) is 10.1. The Morgan fingerprint density at radius 1 is 1.35 bits per heavy atom. The van der Waals surface area contributed by atoms with Crippen molar-refractivity contribution < 1.29 is 9.34 Å². The predicted molar refractivity (Wildman–Crippen MR) is 61.0 cm³/mol. The van der Waals surface area contributed by atoms with Gasteiger partial charge in [0.05, 0.1) is 4.92 Å². The lowest BCUT2D eigenvalue weighted by atomic mass is 10.2. The zero-order chi connectivity index (χ0) is 12.4. The van der Waals surface area contributed by atoms with Crippen LogP contribution in [-0.2, 0) is 5.88 Å². The van der Waals surface area contributed by atoms with Crippen LogP contribution in [0.25, 0.3) is 11.5 Å². The Morgan fingerprint density at radius 2 is 2.12 bits per heavy atom. The summed E-state index contributed by atoms with van der Waals surface area (Å²) >= 11 is 11.3. The molecule has 0 bridgehead atoms. The van der Waals surface area contributed by atoms with E-state index < -0.39 is 4.92 Å². The number of alkyl halides is 1. The fourth-order valence-corrected chi connectivity index (χ4v) is 1.56. The molecule has 1 aromatic carbocycles. The summed E-state index contributed by atoms with van der Waals surface area (Å²) in [5, 5.41) is 18.2. The molecule has 0 unspecified atom stereocenters. The highest BCUT2D eigenvalue weighted by molar-refractivity contribution is 6.31. The standard InChI is InChI=1S/C9H5Cl2N3O3/c10-4-8-12-13-9(17-8)5-1-6(11)3-7(2-5)14(15)16/h1-3H,4H2. The van der Waals surface area contributed by atoms with Crippen molar-refractivity contribution >= 4 is 28.9 Å². The molecule has 0 radical (unpaired) electrons. The molecular weight excluding hydrogens is 269 g/mol. The van der Waals surface area contributed by atoms with Gasteiger partial charge >= 0.3 is 0 Å². The summed E-state index contributed by atoms with van der Waals surface area (Å²) in [5.41, 5.74) is 0.242. The number of aromatic nitrogens is 2. The molecule has 1 aromatic heterocycles. The maximum atomic E-state index is 10.7. The molecule has 88 valence electrons. The Bertz CT molecular complexity index is 570. The Morgan fingerprint density at radius 3 is 2.71 bits per heavy atom. The molecule has 8 heteroatoms. The van der Waals surface area contributed by atoms with Crippen molar-refractivity contribution in [2.24, 2.45) is 0 Å². The molecule has 1 heterocycles. The summed E-state index contributed by atoms with van der Waals surface area (Å²) in [6, 6.07) is 4.04. The van der Waals surface area contributed by atoms with Gasteiger partial charge in [0.25, 0.3) is 5.69 Å². The maximum absolute atomic E-state index is 10.7. The van der Waals surface area contributed by atoms with E-state index in [-0.39, 0.29) is 28.4 Å². The van der Waals surface area contributed by atoms with Crippen molar-refractivity contribution in [1.82, 2.24) is 10.2 Å². The molecule has 0 saturated carbocycles. The average molecular weight is 274 g/mol. The van der Waals surface area contributed by atoms with Crippen LogP contribution >= 0.6 is 23.2 Å². The minimum Gasteiger partial charge on any atom is -0.419 e. The van der Waals surface area contributed by atoms with Crippen LogP contribution in [0.4, 0.5) is 5.69 Å². The first-order valence-corrected chi connectivity index (χ1v) is 5.35. The van der Waals surface area contributed by atoms with Crippen LogP contribution in [0.2, 0.25) is 5.02 Å². The van der Waals surface area contributed by atoms with E-state index in [0.717, 1.165) is 0 Å². The first-order chi connectivity index (χ1) is 8.10. The van der Waals surface area contributed by atoms with Gasteiger partial charge in [-0.3, -0.25) is 10.1 Å². The number of non-ortho nitro benzene ring substituents is 1. The summed E-state index contributed by atoms with van der Waals surface area (Å²) in [5.74, 6) is 0.464. The molecular formula is C9H5Cl2N3O3. The molecule has 0 aliphatic heterocycles. The summed E-state index contributed by atoms with van der Waals surface area (Å²) in [6.45, 7) is 0. The minimum absolute atomic E-state index is 0.0790. The van der Waals surface area contributed by atoms with Gasteiger partial charge in [-0.1, -0.05) is 11.6 Å². The van der Waals surface area contributed by atoms with Gasteiger partial charge in [-0.15, -0.1) is 21.8 Å². The van der Waals surface area contributed by atoms with Crippen LogP contribution in [0.1, 0.15) is 5.89 Å². The van der Waals surface area contributed by atoms with Crippen LogP contribution in [0.5, 0.6) is 0 Å². The normalized spacial score (nSPS) is 10.5. The van der Waals surface area contributed by atoms with Gasteiger partial charge in [-0.05, 0) is 6.07 Å². The Hall–Kier alpha value is -1.66. The zero-order valence-corrected chi connectivity index (χ0v) is 9.77. The number of hydrogen-bond acceptors (Lipinski definition) is 5. The van der Waals surface area contributed by atoms with E-state index in [2.05, 4.69) is 10.2 Å². The second-order valence-corrected chi connectivity index (χ2v) is 3.79. The second-order valence-electron chi connectivity index (χ2n) is 3.09. The van der Waals surface area contributed by atoms with E-state index in [1.165, 1.54) is 18.2 Å². The van der Waals surface area contributed by atoms with E-state index in [1.54, 1.807) is 0 Å². The van der Waals surface area contributed by atoms with E-state index in [1.807, 2.05) is 0 Å². The van der Waals surface area contributed by atoms with Crippen molar-refractivity contribution in [3.05, 3.63) is 39.2 Å². The molecule has 0 aliphatic rings. The molecule has 0 atom stereocenters. The van der Waals surface area contributed by atoms with Crippen LogP contribution in [0, 0.1) is 10.1 Å². The molecule has 0 aliphatic carbocycles. The Labute approximate surface area is 105 Å². The largest absolute Gasteiger partial charge is 0.419 e. The van der Waals surface area contributed by atoms with E-state index in [9.17, 15) is 10.1 Å². The Balaban J connectivity index is 2.47. The second kappa shape index (κ2) is 4.68. The molecule has 6 nitrogen and oxygen atoms in total. The molecule has 0 saturated heterocycles. The fraction of sp³-hybridized carbons (Fsp3) is 0.111. The highest BCUT2D eigenvalue weighted by Crippen LogP contribution is 2.27. The molecule has 2 aromatic rings. The van der Waals surface area contributed by atoms with Gasteiger partial charge in [0.15, 0.2) is 0 Å². The van der Waals surface area contributed by atoms with Gasteiger partial charge in [-0.25, -0.2) is 0 Å². The summed E-state index contributed by atoms with van der Waals surface area (Å²) in [7, 11) is 0. The van der Waals surface area contributed by atoms with Crippen LogP contribution in [0.15, 0.2) is 22.6 Å². The fourth-order valence-electron chi connectivity index (χ4n) is 1.23. The third kappa shape index (κ3) is 2.54. The van der Waals surface area contributed by atoms with E-state index >= 15 is 0 Å². The number of hydrogen-bond donors (Lipinski definition) is 0. The number of nitro benzene ring substituents is 1. The molecule has 0 spiro atoms. The monoisotopic (exact) mass is 273 g/mol. The van der Waals surface area contributed by atoms with Crippen molar-refractivity contribution in [3.8, 4) is 11.5 Å². The lowest BCUT2D eigenvalue weighted by Crippen LogP contribution is -1.89. The molecule has 17 heavy (non-hydrogen) atoms. The third-order valence-corrected chi connectivity index (χ3v) is 2.37. The van der Waals surface area contributed by atoms with Gasteiger partial charge in [0, 0.05) is 22.7 Å². The first kappa shape index (κ1) is 11.8. The highest BCUT2D eigenvalue weighted by atomic mass is 35.5. The van der Waals surface area contributed by atoms with Crippen LogP contribution in [0.3, 0.4) is 0 Å². The van der Waals surface area contributed by atoms with Gasteiger partial charge in [-0.2, -0.15) is 0 Å². The number of halogens is 2. The SMILES string of the molecule is O=[N+]([O-])c1cc(Cl)cc(-c2nnc(CCl)o2)c1. The zero-order valence-electron chi connectivity index (χ0n) is 8.26. The highest BCUT2D eigenvalue weighted by Gasteiger charge is 2.14. The molecule has 0 fully saturated rings. The molecule has 0 amide bonds. The van der Waals surface area contributed by atoms with Crippen molar-refractivity contribution in [3.63, 3.8) is 0 Å². The van der Waals surface area contributed by atoms with Crippen molar-refractivity contribution in [2.75, 3.05) is 0 Å². The Kier molecular flexibility index (Phi) is 3.26. The van der Waals surface area contributed by atoms with Crippen molar-refractivity contribution in [1.29, 1.82) is 0 Å². The smallest absolute Gasteiger partial charge is 0.271 e. The van der Waals surface area contributed by atoms with Gasteiger partial charge in [0.1, 0.15) is 5.88 Å². The predicted octanol–water partition coefficient (Wildman–Crippen LogP) is 3.04. The van der Waals surface area contributed by atoms with E-state index in [0.29, 0.717) is 5.56 Å². The number of rotatable bonds is 3. The van der Waals surface area contributed by atoms with Crippen LogP contribution in [-0.4, -0.2) is 15.1 Å². The number of nitro groups is 1.